The average Bonchev–Trinajstić information content (AvgIpc) is 2.50. The van der Waals surface area contributed by atoms with Crippen LogP contribution in [0.5, 0.6) is 0 Å². The van der Waals surface area contributed by atoms with Crippen molar-refractivity contribution in [2.45, 2.75) is 23.5 Å². The van der Waals surface area contributed by atoms with Crippen LogP contribution in [0.25, 0.3) is 0 Å². The number of fused-ring (bicyclic) bond motifs is 1. The fourth-order valence-corrected chi connectivity index (χ4v) is 3.42. The summed E-state index contributed by atoms with van der Waals surface area (Å²) in [5, 5.41) is 5.32. The van der Waals surface area contributed by atoms with Crippen molar-refractivity contribution < 1.29 is 9.59 Å². The van der Waals surface area contributed by atoms with Crippen molar-refractivity contribution in [3.8, 4) is 0 Å². The standard InChI is InChI=1S/C17H16N2O2S/c1-11-6-2-3-7-12(11)18-16(20)10-15-17(21)19-13-8-4-5-9-14(13)22-15/h2-9,15H,10H2,1H3,(H,18,20)(H,19,21)/t15-/m0/s1. The van der Waals surface area contributed by atoms with Gasteiger partial charge in [0.15, 0.2) is 0 Å². The summed E-state index contributed by atoms with van der Waals surface area (Å²) < 4.78 is 0. The molecule has 1 heterocycles. The van der Waals surface area contributed by atoms with Crippen molar-refractivity contribution in [2.24, 2.45) is 0 Å². The maximum Gasteiger partial charge on any atom is 0.238 e. The number of rotatable bonds is 3. The van der Waals surface area contributed by atoms with Gasteiger partial charge >= 0.3 is 0 Å². The molecule has 112 valence electrons. The molecule has 1 aliphatic rings. The van der Waals surface area contributed by atoms with Gasteiger partial charge in [0.05, 0.1) is 10.9 Å². The van der Waals surface area contributed by atoms with Crippen molar-refractivity contribution in [3.05, 3.63) is 54.1 Å². The van der Waals surface area contributed by atoms with E-state index in [1.807, 2.05) is 55.5 Å². The van der Waals surface area contributed by atoms with Gasteiger partial charge in [0.2, 0.25) is 11.8 Å². The van der Waals surface area contributed by atoms with E-state index >= 15 is 0 Å². The summed E-state index contributed by atoms with van der Waals surface area (Å²) in [6.07, 6.45) is 0.152. The Labute approximate surface area is 133 Å². The topological polar surface area (TPSA) is 58.2 Å². The summed E-state index contributed by atoms with van der Waals surface area (Å²) in [5.41, 5.74) is 2.60. The number of nitrogens with one attached hydrogen (secondary N) is 2. The lowest BCUT2D eigenvalue weighted by Gasteiger charge is -2.23. The van der Waals surface area contributed by atoms with E-state index in [1.165, 1.54) is 11.8 Å². The number of carbonyl (C=O) groups excluding carboxylic acids is 2. The van der Waals surface area contributed by atoms with Crippen LogP contribution in [0.15, 0.2) is 53.4 Å². The zero-order valence-corrected chi connectivity index (χ0v) is 12.9. The highest BCUT2D eigenvalue weighted by Crippen LogP contribution is 2.36. The van der Waals surface area contributed by atoms with Gasteiger partial charge in [-0.2, -0.15) is 0 Å². The third-order valence-corrected chi connectivity index (χ3v) is 4.77. The van der Waals surface area contributed by atoms with Crippen molar-refractivity contribution in [1.29, 1.82) is 0 Å². The maximum atomic E-state index is 12.2. The van der Waals surface area contributed by atoms with Gasteiger partial charge < -0.3 is 10.6 Å². The molecule has 0 fully saturated rings. The number of amides is 2. The molecule has 0 aromatic heterocycles. The van der Waals surface area contributed by atoms with Gasteiger partial charge in [-0.3, -0.25) is 9.59 Å². The Balaban J connectivity index is 1.67. The third kappa shape index (κ3) is 3.14. The first-order chi connectivity index (χ1) is 10.6. The molecule has 5 heteroatoms. The molecule has 2 amide bonds. The number of benzene rings is 2. The van der Waals surface area contributed by atoms with E-state index in [9.17, 15) is 9.59 Å². The smallest absolute Gasteiger partial charge is 0.238 e. The van der Waals surface area contributed by atoms with E-state index in [0.29, 0.717) is 0 Å². The predicted molar refractivity (Wildman–Crippen MR) is 89.1 cm³/mol. The van der Waals surface area contributed by atoms with Crippen molar-refractivity contribution >= 4 is 35.0 Å². The maximum absolute atomic E-state index is 12.2. The van der Waals surface area contributed by atoms with Crippen molar-refractivity contribution in [3.63, 3.8) is 0 Å². The third-order valence-electron chi connectivity index (χ3n) is 3.50. The molecule has 2 N–H and O–H groups in total. The second-order valence-corrected chi connectivity index (χ2v) is 6.40. The number of thioether (sulfide) groups is 1. The summed E-state index contributed by atoms with van der Waals surface area (Å²) in [4.78, 5) is 25.3. The first kappa shape index (κ1) is 14.7. The van der Waals surface area contributed by atoms with Crippen molar-refractivity contribution in [2.75, 3.05) is 10.6 Å². The van der Waals surface area contributed by atoms with Gasteiger partial charge in [0.25, 0.3) is 0 Å². The second-order valence-electron chi connectivity index (χ2n) is 5.16. The number of hydrogen-bond donors (Lipinski definition) is 2. The molecule has 1 aliphatic heterocycles. The van der Waals surface area contributed by atoms with Gasteiger partial charge in [-0.1, -0.05) is 30.3 Å². The lowest BCUT2D eigenvalue weighted by Crippen LogP contribution is -2.32. The van der Waals surface area contributed by atoms with Crippen LogP contribution in [-0.2, 0) is 9.59 Å². The first-order valence-corrected chi connectivity index (χ1v) is 7.93. The SMILES string of the molecule is Cc1ccccc1NC(=O)C[C@@H]1Sc2ccccc2NC1=O. The second kappa shape index (κ2) is 6.23. The molecule has 2 aromatic carbocycles. The predicted octanol–water partition coefficient (Wildman–Crippen LogP) is 3.44. The van der Waals surface area contributed by atoms with Crippen LogP contribution in [0, 0.1) is 6.92 Å². The fraction of sp³-hybridized carbons (Fsp3) is 0.176. The van der Waals surface area contributed by atoms with E-state index in [1.54, 1.807) is 0 Å². The quantitative estimate of drug-likeness (QED) is 0.913. The zero-order chi connectivity index (χ0) is 15.5. The summed E-state index contributed by atoms with van der Waals surface area (Å²) >= 11 is 1.44. The van der Waals surface area contributed by atoms with E-state index in [0.717, 1.165) is 21.8 Å². The Morgan fingerprint density at radius 2 is 1.91 bits per heavy atom. The molecule has 22 heavy (non-hydrogen) atoms. The Morgan fingerprint density at radius 1 is 1.18 bits per heavy atom. The Hall–Kier alpha value is -2.27. The number of anilines is 2. The summed E-state index contributed by atoms with van der Waals surface area (Å²) in [5.74, 6) is -0.273. The highest BCUT2D eigenvalue weighted by Gasteiger charge is 2.28. The first-order valence-electron chi connectivity index (χ1n) is 7.05. The van der Waals surface area contributed by atoms with Crippen LogP contribution < -0.4 is 10.6 Å². The molecule has 0 aliphatic carbocycles. The van der Waals surface area contributed by atoms with E-state index < -0.39 is 5.25 Å². The molecule has 0 spiro atoms. The molecular weight excluding hydrogens is 296 g/mol. The molecule has 0 bridgehead atoms. The van der Waals surface area contributed by atoms with Crippen LogP contribution in [0.2, 0.25) is 0 Å². The minimum Gasteiger partial charge on any atom is -0.326 e. The van der Waals surface area contributed by atoms with Gasteiger partial charge in [-0.25, -0.2) is 0 Å². The van der Waals surface area contributed by atoms with Gasteiger partial charge in [-0.05, 0) is 30.7 Å². The van der Waals surface area contributed by atoms with Crippen LogP contribution in [0.1, 0.15) is 12.0 Å². The van der Waals surface area contributed by atoms with E-state index in [2.05, 4.69) is 10.6 Å². The summed E-state index contributed by atoms with van der Waals surface area (Å²) in [7, 11) is 0. The van der Waals surface area contributed by atoms with E-state index in [4.69, 9.17) is 0 Å². The molecule has 0 unspecified atom stereocenters. The average molecular weight is 312 g/mol. The highest BCUT2D eigenvalue weighted by atomic mass is 32.2. The van der Waals surface area contributed by atoms with Crippen LogP contribution >= 0.6 is 11.8 Å². The Bertz CT molecular complexity index is 730. The normalized spacial score (nSPS) is 16.6. The fourth-order valence-electron chi connectivity index (χ4n) is 2.31. The molecule has 2 aromatic rings. The van der Waals surface area contributed by atoms with Crippen molar-refractivity contribution in [1.82, 2.24) is 0 Å². The monoisotopic (exact) mass is 312 g/mol. The van der Waals surface area contributed by atoms with Gasteiger partial charge in [-0.15, -0.1) is 11.8 Å². The summed E-state index contributed by atoms with van der Waals surface area (Å²) in [6, 6.07) is 15.2. The largest absolute Gasteiger partial charge is 0.326 e. The molecule has 3 rings (SSSR count). The van der Waals surface area contributed by atoms with Gasteiger partial charge in [0.1, 0.15) is 0 Å². The van der Waals surface area contributed by atoms with Gasteiger partial charge in [0, 0.05) is 17.0 Å². The molecular formula is C17H16N2O2S. The summed E-state index contributed by atoms with van der Waals surface area (Å²) in [6.45, 7) is 1.94. The van der Waals surface area contributed by atoms with E-state index in [-0.39, 0.29) is 18.2 Å². The minimum atomic E-state index is -0.404. The lowest BCUT2D eigenvalue weighted by molar-refractivity contribution is -0.120. The number of carbonyl (C=O) groups is 2. The number of para-hydroxylation sites is 2. The number of aryl methyl sites for hydroxylation is 1. The minimum absolute atomic E-state index is 0.122. The molecule has 4 nitrogen and oxygen atoms in total. The molecule has 1 atom stereocenters. The zero-order valence-electron chi connectivity index (χ0n) is 12.1. The number of hydrogen-bond acceptors (Lipinski definition) is 3. The molecule has 0 radical (unpaired) electrons. The molecule has 0 saturated carbocycles. The lowest BCUT2D eigenvalue weighted by atomic mass is 10.2. The Morgan fingerprint density at radius 3 is 2.73 bits per heavy atom. The van der Waals surface area contributed by atoms with Crippen LogP contribution in [0.3, 0.4) is 0 Å². The highest BCUT2D eigenvalue weighted by molar-refractivity contribution is 8.01. The molecule has 0 saturated heterocycles. The Kier molecular flexibility index (Phi) is 4.15. The van der Waals surface area contributed by atoms with Crippen LogP contribution in [-0.4, -0.2) is 17.1 Å². The van der Waals surface area contributed by atoms with Crippen LogP contribution in [0.4, 0.5) is 11.4 Å².